The van der Waals surface area contributed by atoms with Crippen LogP contribution < -0.4 is 9.47 Å². The van der Waals surface area contributed by atoms with Gasteiger partial charge in [-0.2, -0.15) is 0 Å². The second-order valence-corrected chi connectivity index (χ2v) is 6.25. The molecular formula is C19H18BrNO3. The number of carbonyl (C=O) groups is 1. The van der Waals surface area contributed by atoms with E-state index in [1.807, 2.05) is 55.5 Å². The van der Waals surface area contributed by atoms with E-state index in [0.29, 0.717) is 13.1 Å². The fourth-order valence-electron chi connectivity index (χ4n) is 2.48. The van der Waals surface area contributed by atoms with Crippen LogP contribution in [0.5, 0.6) is 11.5 Å². The number of hydrogen-bond donors (Lipinski definition) is 0. The largest absolute Gasteiger partial charge is 0.454 e. The van der Waals surface area contributed by atoms with Gasteiger partial charge in [-0.1, -0.05) is 40.2 Å². The molecule has 124 valence electrons. The number of carbonyl (C=O) groups excluding carboxylic acids is 1. The van der Waals surface area contributed by atoms with Gasteiger partial charge in [0.2, 0.25) is 12.7 Å². The molecule has 5 heteroatoms. The van der Waals surface area contributed by atoms with Gasteiger partial charge in [0, 0.05) is 23.6 Å². The first-order valence-electron chi connectivity index (χ1n) is 7.77. The van der Waals surface area contributed by atoms with E-state index in [9.17, 15) is 4.79 Å². The van der Waals surface area contributed by atoms with Crippen molar-refractivity contribution in [3.05, 3.63) is 64.1 Å². The van der Waals surface area contributed by atoms with Crippen LogP contribution in [0.1, 0.15) is 18.1 Å². The van der Waals surface area contributed by atoms with Crippen LogP contribution in [0.15, 0.2) is 53.0 Å². The van der Waals surface area contributed by atoms with Crippen LogP contribution in [0.3, 0.4) is 0 Å². The fourth-order valence-corrected chi connectivity index (χ4v) is 2.90. The Hall–Kier alpha value is -2.27. The SMILES string of the molecule is CCN(Cc1ccc2c(c1)OCO2)C(=O)/C=C/c1ccccc1Br. The summed E-state index contributed by atoms with van der Waals surface area (Å²) in [6.45, 7) is 3.39. The summed E-state index contributed by atoms with van der Waals surface area (Å²) in [5.74, 6) is 1.47. The lowest BCUT2D eigenvalue weighted by atomic mass is 10.1. The van der Waals surface area contributed by atoms with E-state index in [1.165, 1.54) is 0 Å². The summed E-state index contributed by atoms with van der Waals surface area (Å²) < 4.78 is 11.7. The molecule has 24 heavy (non-hydrogen) atoms. The maximum Gasteiger partial charge on any atom is 0.246 e. The number of likely N-dealkylation sites (N-methyl/N-ethyl adjacent to an activating group) is 1. The smallest absolute Gasteiger partial charge is 0.246 e. The number of ether oxygens (including phenoxy) is 2. The first-order chi connectivity index (χ1) is 11.7. The van der Waals surface area contributed by atoms with E-state index in [0.717, 1.165) is 27.1 Å². The fraction of sp³-hybridized carbons (Fsp3) is 0.211. The van der Waals surface area contributed by atoms with Crippen molar-refractivity contribution >= 4 is 27.9 Å². The minimum Gasteiger partial charge on any atom is -0.454 e. The van der Waals surface area contributed by atoms with E-state index in [1.54, 1.807) is 11.0 Å². The van der Waals surface area contributed by atoms with Gasteiger partial charge in [0.1, 0.15) is 0 Å². The Balaban J connectivity index is 1.69. The van der Waals surface area contributed by atoms with E-state index >= 15 is 0 Å². The molecule has 0 spiro atoms. The molecule has 1 aliphatic rings. The van der Waals surface area contributed by atoms with E-state index in [4.69, 9.17) is 9.47 Å². The number of nitrogens with zero attached hydrogens (tertiary/aromatic N) is 1. The van der Waals surface area contributed by atoms with Crippen molar-refractivity contribution in [2.45, 2.75) is 13.5 Å². The van der Waals surface area contributed by atoms with Crippen LogP contribution in [0.2, 0.25) is 0 Å². The summed E-state index contributed by atoms with van der Waals surface area (Å²) in [7, 11) is 0. The molecule has 0 atom stereocenters. The minimum absolute atomic E-state index is 0.0223. The molecule has 0 radical (unpaired) electrons. The summed E-state index contributed by atoms with van der Waals surface area (Å²) in [5, 5.41) is 0. The lowest BCUT2D eigenvalue weighted by Crippen LogP contribution is -2.28. The number of fused-ring (bicyclic) bond motifs is 1. The first kappa shape index (κ1) is 16.6. The number of rotatable bonds is 5. The number of benzene rings is 2. The predicted molar refractivity (Wildman–Crippen MR) is 96.8 cm³/mol. The Morgan fingerprint density at radius 2 is 2.00 bits per heavy atom. The van der Waals surface area contributed by atoms with Crippen LogP contribution in [0.4, 0.5) is 0 Å². The molecule has 2 aromatic rings. The summed E-state index contributed by atoms with van der Waals surface area (Å²) in [6, 6.07) is 13.6. The zero-order valence-electron chi connectivity index (χ0n) is 13.4. The van der Waals surface area contributed by atoms with Crippen molar-refractivity contribution in [2.75, 3.05) is 13.3 Å². The monoisotopic (exact) mass is 387 g/mol. The van der Waals surface area contributed by atoms with Gasteiger partial charge >= 0.3 is 0 Å². The Morgan fingerprint density at radius 3 is 2.79 bits per heavy atom. The van der Waals surface area contributed by atoms with Crippen molar-refractivity contribution in [1.82, 2.24) is 4.90 Å². The molecule has 0 aliphatic carbocycles. The van der Waals surface area contributed by atoms with Gasteiger partial charge in [0.05, 0.1) is 0 Å². The van der Waals surface area contributed by atoms with Gasteiger partial charge in [0.15, 0.2) is 11.5 Å². The number of halogens is 1. The summed E-state index contributed by atoms with van der Waals surface area (Å²) in [5.41, 5.74) is 1.99. The van der Waals surface area contributed by atoms with Crippen molar-refractivity contribution < 1.29 is 14.3 Å². The van der Waals surface area contributed by atoms with Gasteiger partial charge in [0.25, 0.3) is 0 Å². The molecule has 0 saturated heterocycles. The Labute approximate surface area is 149 Å². The summed E-state index contributed by atoms with van der Waals surface area (Å²) in [6.07, 6.45) is 3.44. The van der Waals surface area contributed by atoms with Gasteiger partial charge in [-0.3, -0.25) is 4.79 Å². The Kier molecular flexibility index (Phi) is 5.20. The van der Waals surface area contributed by atoms with Crippen LogP contribution in [-0.2, 0) is 11.3 Å². The molecule has 3 rings (SSSR count). The third-order valence-corrected chi connectivity index (χ3v) is 4.54. The minimum atomic E-state index is -0.0223. The molecule has 4 nitrogen and oxygen atoms in total. The maximum absolute atomic E-state index is 12.5. The predicted octanol–water partition coefficient (Wildman–Crippen LogP) is 4.24. The van der Waals surface area contributed by atoms with Gasteiger partial charge in [-0.05, 0) is 42.3 Å². The lowest BCUT2D eigenvalue weighted by Gasteiger charge is -2.19. The third-order valence-electron chi connectivity index (χ3n) is 3.81. The van der Waals surface area contributed by atoms with Crippen molar-refractivity contribution in [3.8, 4) is 11.5 Å². The van der Waals surface area contributed by atoms with Gasteiger partial charge < -0.3 is 14.4 Å². The van der Waals surface area contributed by atoms with Gasteiger partial charge in [-0.15, -0.1) is 0 Å². The maximum atomic E-state index is 12.5. The van der Waals surface area contributed by atoms with Crippen molar-refractivity contribution in [2.24, 2.45) is 0 Å². The van der Waals surface area contributed by atoms with Crippen LogP contribution in [0.25, 0.3) is 6.08 Å². The van der Waals surface area contributed by atoms with Crippen LogP contribution in [-0.4, -0.2) is 24.1 Å². The first-order valence-corrected chi connectivity index (χ1v) is 8.56. The van der Waals surface area contributed by atoms with E-state index in [2.05, 4.69) is 15.9 Å². The standard InChI is InChI=1S/C19H18BrNO3/c1-2-21(12-14-7-9-17-18(11-14)24-13-23-17)19(22)10-8-15-5-3-4-6-16(15)20/h3-11H,2,12-13H2,1H3/b10-8+. The zero-order valence-corrected chi connectivity index (χ0v) is 15.0. The van der Waals surface area contributed by atoms with Crippen LogP contribution in [0, 0.1) is 0 Å². The molecule has 0 aromatic heterocycles. The third kappa shape index (κ3) is 3.79. The molecule has 0 bridgehead atoms. The van der Waals surface area contributed by atoms with E-state index in [-0.39, 0.29) is 12.7 Å². The highest BCUT2D eigenvalue weighted by Gasteiger charge is 2.15. The topological polar surface area (TPSA) is 38.8 Å². The van der Waals surface area contributed by atoms with Crippen LogP contribution >= 0.6 is 15.9 Å². The Morgan fingerprint density at radius 1 is 1.21 bits per heavy atom. The highest BCUT2D eigenvalue weighted by Crippen LogP contribution is 2.32. The second kappa shape index (κ2) is 7.53. The summed E-state index contributed by atoms with van der Waals surface area (Å²) in [4.78, 5) is 14.2. The average Bonchev–Trinajstić information content (AvgIpc) is 3.06. The zero-order chi connectivity index (χ0) is 16.9. The quantitative estimate of drug-likeness (QED) is 0.720. The van der Waals surface area contributed by atoms with E-state index < -0.39 is 0 Å². The Bertz CT molecular complexity index is 773. The molecule has 1 aliphatic heterocycles. The molecule has 0 saturated carbocycles. The molecule has 0 unspecified atom stereocenters. The molecular weight excluding hydrogens is 370 g/mol. The molecule has 1 heterocycles. The molecule has 0 fully saturated rings. The lowest BCUT2D eigenvalue weighted by molar-refractivity contribution is -0.126. The molecule has 1 amide bonds. The number of amides is 1. The summed E-state index contributed by atoms with van der Waals surface area (Å²) >= 11 is 3.48. The highest BCUT2D eigenvalue weighted by molar-refractivity contribution is 9.10. The molecule has 0 N–H and O–H groups in total. The molecule has 2 aromatic carbocycles. The van der Waals surface area contributed by atoms with Crippen molar-refractivity contribution in [3.63, 3.8) is 0 Å². The average molecular weight is 388 g/mol. The van der Waals surface area contributed by atoms with Crippen molar-refractivity contribution in [1.29, 1.82) is 0 Å². The van der Waals surface area contributed by atoms with Gasteiger partial charge in [-0.25, -0.2) is 0 Å². The highest BCUT2D eigenvalue weighted by atomic mass is 79.9. The number of hydrogen-bond acceptors (Lipinski definition) is 3. The normalized spacial score (nSPS) is 12.6. The second-order valence-electron chi connectivity index (χ2n) is 5.39.